The van der Waals surface area contributed by atoms with Crippen LogP contribution in [0.4, 0.5) is 16.6 Å². The Morgan fingerprint density at radius 2 is 2.26 bits per heavy atom. The van der Waals surface area contributed by atoms with Crippen LogP contribution < -0.4 is 10.2 Å². The Bertz CT molecular complexity index is 785. The van der Waals surface area contributed by atoms with Gasteiger partial charge < -0.3 is 10.1 Å². The van der Waals surface area contributed by atoms with Gasteiger partial charge in [0.15, 0.2) is 0 Å². The molecule has 148 valence electrons. The smallest absolute Gasteiger partial charge is 0.415 e. The van der Waals surface area contributed by atoms with Gasteiger partial charge in [-0.25, -0.2) is 14.8 Å². The molecular formula is C19H29N5O2S. The van der Waals surface area contributed by atoms with E-state index in [1.54, 1.807) is 28.5 Å². The summed E-state index contributed by atoms with van der Waals surface area (Å²) in [6, 6.07) is 1.80. The second-order valence-electron chi connectivity index (χ2n) is 7.16. The molecule has 1 unspecified atom stereocenters. The van der Waals surface area contributed by atoms with Gasteiger partial charge in [0.1, 0.15) is 17.4 Å². The normalized spacial score (nSPS) is 18.0. The second kappa shape index (κ2) is 8.65. The van der Waals surface area contributed by atoms with E-state index < -0.39 is 0 Å². The zero-order chi connectivity index (χ0) is 19.4. The second-order valence-corrected chi connectivity index (χ2v) is 8.05. The third-order valence-corrected chi connectivity index (χ3v) is 5.72. The molecule has 0 bridgehead atoms. The van der Waals surface area contributed by atoms with Crippen molar-refractivity contribution in [3.8, 4) is 0 Å². The van der Waals surface area contributed by atoms with Crippen molar-refractivity contribution in [3.63, 3.8) is 0 Å². The van der Waals surface area contributed by atoms with Gasteiger partial charge in [0, 0.05) is 18.7 Å². The van der Waals surface area contributed by atoms with E-state index in [4.69, 9.17) is 4.74 Å². The highest BCUT2D eigenvalue weighted by atomic mass is 32.1. The van der Waals surface area contributed by atoms with E-state index in [9.17, 15) is 4.79 Å². The molecule has 3 heterocycles. The number of unbranched alkanes of at least 4 members (excludes halogenated alkanes) is 1. The van der Waals surface area contributed by atoms with Crippen LogP contribution in [-0.4, -0.2) is 33.7 Å². The Morgan fingerprint density at radius 1 is 1.44 bits per heavy atom. The lowest BCUT2D eigenvalue weighted by Gasteiger charge is -2.24. The molecule has 0 saturated carbocycles. The van der Waals surface area contributed by atoms with E-state index in [0.717, 1.165) is 30.0 Å². The van der Waals surface area contributed by atoms with Gasteiger partial charge in [0.25, 0.3) is 0 Å². The summed E-state index contributed by atoms with van der Waals surface area (Å²) in [7, 11) is 0. The number of hydrogen-bond acceptors (Lipinski definition) is 7. The summed E-state index contributed by atoms with van der Waals surface area (Å²) in [5.41, 5.74) is 1.02. The minimum Gasteiger partial charge on any atom is -0.447 e. The monoisotopic (exact) mass is 391 g/mol. The van der Waals surface area contributed by atoms with E-state index >= 15 is 0 Å². The van der Waals surface area contributed by atoms with Gasteiger partial charge in [0.2, 0.25) is 5.95 Å². The van der Waals surface area contributed by atoms with Gasteiger partial charge in [-0.05, 0) is 25.3 Å². The Hall–Kier alpha value is -2.22. The Morgan fingerprint density at radius 3 is 2.93 bits per heavy atom. The number of carbonyl (C=O) groups is 1. The molecule has 2 aromatic rings. The number of anilines is 2. The average Bonchev–Trinajstić information content (AvgIpc) is 3.24. The summed E-state index contributed by atoms with van der Waals surface area (Å²) in [4.78, 5) is 27.4. The van der Waals surface area contributed by atoms with Crippen molar-refractivity contribution >= 4 is 29.2 Å². The first-order valence-corrected chi connectivity index (χ1v) is 10.3. The van der Waals surface area contributed by atoms with Crippen molar-refractivity contribution in [1.29, 1.82) is 0 Å². The molecule has 3 rings (SSSR count). The maximum atomic E-state index is 12.2. The summed E-state index contributed by atoms with van der Waals surface area (Å²) < 4.78 is 5.24. The van der Waals surface area contributed by atoms with Crippen LogP contribution in [0.15, 0.2) is 17.6 Å². The number of ether oxygens (including phenoxy) is 1. The fourth-order valence-electron chi connectivity index (χ4n) is 3.10. The minimum absolute atomic E-state index is 0. The molecule has 1 aliphatic heterocycles. The van der Waals surface area contributed by atoms with Crippen molar-refractivity contribution in [2.45, 2.75) is 59.0 Å². The standard InChI is InChI=1S/C19H27N5O2S.H2/c1-5-6-7-14(17-21-13(4)11-27-17)22-18-20-9-8-16(23-18)24-15(12(2)3)10-26-19(24)25;/h8-9,11-12,14-15H,5-7,10H2,1-4H3,(H,20,22,23);1H/t14?,15-;/m1./s1. The van der Waals surface area contributed by atoms with Gasteiger partial charge >= 0.3 is 6.09 Å². The largest absolute Gasteiger partial charge is 0.447 e. The van der Waals surface area contributed by atoms with Crippen LogP contribution in [0.25, 0.3) is 0 Å². The van der Waals surface area contributed by atoms with Gasteiger partial charge in [-0.15, -0.1) is 11.3 Å². The minimum atomic E-state index is -0.351. The predicted molar refractivity (Wildman–Crippen MR) is 109 cm³/mol. The molecule has 1 aliphatic rings. The van der Waals surface area contributed by atoms with Crippen LogP contribution >= 0.6 is 11.3 Å². The molecule has 0 spiro atoms. The Kier molecular flexibility index (Phi) is 6.26. The first kappa shape index (κ1) is 19.5. The molecule has 1 fully saturated rings. The summed E-state index contributed by atoms with van der Waals surface area (Å²) in [6.07, 6.45) is 4.48. The number of aromatic nitrogens is 3. The van der Waals surface area contributed by atoms with Crippen molar-refractivity contribution in [2.24, 2.45) is 5.92 Å². The summed E-state index contributed by atoms with van der Waals surface area (Å²) >= 11 is 1.65. The van der Waals surface area contributed by atoms with Crippen LogP contribution in [0, 0.1) is 12.8 Å². The molecule has 27 heavy (non-hydrogen) atoms. The quantitative estimate of drug-likeness (QED) is 0.695. The highest BCUT2D eigenvalue weighted by Gasteiger charge is 2.37. The zero-order valence-corrected chi connectivity index (χ0v) is 17.1. The molecule has 1 saturated heterocycles. The number of aryl methyl sites for hydroxylation is 1. The van der Waals surface area contributed by atoms with Crippen LogP contribution in [0.5, 0.6) is 0 Å². The van der Waals surface area contributed by atoms with Gasteiger partial charge in [-0.1, -0.05) is 33.6 Å². The third kappa shape index (κ3) is 4.55. The maximum Gasteiger partial charge on any atom is 0.415 e. The molecular weight excluding hydrogens is 362 g/mol. The average molecular weight is 392 g/mol. The third-order valence-electron chi connectivity index (χ3n) is 4.65. The van der Waals surface area contributed by atoms with E-state index in [1.807, 2.05) is 6.92 Å². The number of hydrogen-bond donors (Lipinski definition) is 1. The fraction of sp³-hybridized carbons (Fsp3) is 0.579. The topological polar surface area (TPSA) is 80.2 Å². The van der Waals surface area contributed by atoms with E-state index in [0.29, 0.717) is 18.4 Å². The van der Waals surface area contributed by atoms with Crippen LogP contribution in [0.1, 0.15) is 58.2 Å². The highest BCUT2D eigenvalue weighted by Crippen LogP contribution is 2.29. The van der Waals surface area contributed by atoms with Gasteiger partial charge in [-0.2, -0.15) is 4.98 Å². The number of cyclic esters (lactones) is 1. The van der Waals surface area contributed by atoms with Crippen molar-refractivity contribution in [1.82, 2.24) is 15.0 Å². The molecule has 0 aromatic carbocycles. The van der Waals surface area contributed by atoms with Crippen LogP contribution in [-0.2, 0) is 4.74 Å². The first-order valence-electron chi connectivity index (χ1n) is 9.47. The summed E-state index contributed by atoms with van der Waals surface area (Å²) in [5, 5.41) is 6.51. The van der Waals surface area contributed by atoms with Crippen LogP contribution in [0.3, 0.4) is 0 Å². The molecule has 1 N–H and O–H groups in total. The number of nitrogens with one attached hydrogen (secondary N) is 1. The number of nitrogens with zero attached hydrogens (tertiary/aromatic N) is 4. The van der Waals surface area contributed by atoms with Gasteiger partial charge in [-0.3, -0.25) is 4.90 Å². The predicted octanol–water partition coefficient (Wildman–Crippen LogP) is 4.81. The molecule has 8 heteroatoms. The molecule has 2 atom stereocenters. The van der Waals surface area contributed by atoms with Crippen molar-refractivity contribution < 1.29 is 11.0 Å². The number of rotatable bonds is 8. The van der Waals surface area contributed by atoms with E-state index in [1.165, 1.54) is 0 Å². The number of carbonyl (C=O) groups excluding carboxylic acids is 1. The van der Waals surface area contributed by atoms with Gasteiger partial charge in [0.05, 0.1) is 12.1 Å². The van der Waals surface area contributed by atoms with Crippen molar-refractivity contribution in [2.75, 3.05) is 16.8 Å². The fourth-order valence-corrected chi connectivity index (χ4v) is 3.98. The maximum absolute atomic E-state index is 12.2. The number of amides is 1. The lowest BCUT2D eigenvalue weighted by Crippen LogP contribution is -2.37. The Labute approximate surface area is 165 Å². The lowest BCUT2D eigenvalue weighted by molar-refractivity contribution is 0.177. The number of thiazole rings is 1. The van der Waals surface area contributed by atoms with E-state index in [-0.39, 0.29) is 25.5 Å². The summed E-state index contributed by atoms with van der Waals surface area (Å²) in [5.74, 6) is 1.35. The summed E-state index contributed by atoms with van der Waals surface area (Å²) in [6.45, 7) is 8.71. The van der Waals surface area contributed by atoms with Crippen LogP contribution in [0.2, 0.25) is 0 Å². The molecule has 2 aromatic heterocycles. The first-order chi connectivity index (χ1) is 13.0. The molecule has 1 amide bonds. The molecule has 0 aliphatic carbocycles. The SMILES string of the molecule is CCCCC(Nc1nccc(N2C(=O)OC[C@@H]2C(C)C)n1)c1nc(C)cs1.[HH]. The van der Waals surface area contributed by atoms with E-state index in [2.05, 4.69) is 46.4 Å². The highest BCUT2D eigenvalue weighted by molar-refractivity contribution is 7.09. The molecule has 0 radical (unpaired) electrons. The van der Waals surface area contributed by atoms with Crippen molar-refractivity contribution in [3.05, 3.63) is 28.3 Å². The zero-order valence-electron chi connectivity index (χ0n) is 16.3. The Balaban J connectivity index is 0.00000280. The molecule has 7 nitrogen and oxygen atoms in total. The lowest BCUT2D eigenvalue weighted by atomic mass is 10.0.